The molecule has 0 saturated heterocycles. The highest BCUT2D eigenvalue weighted by Gasteiger charge is 2.15. The van der Waals surface area contributed by atoms with E-state index in [0.717, 1.165) is 22.0 Å². The minimum atomic E-state index is -0.142. The standard InChI is InChI=1S/C19H22N2O3S/c1-12(2)24-10-6-9-20-18(22)16-11-14-17(25-16)13-7-4-5-8-15(13)21(3)19(14)23/h4-5,7-8,11-12H,6,9-10H2,1-3H3,(H,20,22). The van der Waals surface area contributed by atoms with E-state index in [1.54, 1.807) is 17.7 Å². The van der Waals surface area contributed by atoms with Crippen LogP contribution in [0, 0.1) is 0 Å². The number of amides is 1. The molecule has 0 bridgehead atoms. The lowest BCUT2D eigenvalue weighted by Crippen LogP contribution is -2.24. The molecule has 0 aliphatic rings. The summed E-state index contributed by atoms with van der Waals surface area (Å²) in [6.45, 7) is 5.15. The van der Waals surface area contributed by atoms with Gasteiger partial charge in [0.1, 0.15) is 0 Å². The van der Waals surface area contributed by atoms with Gasteiger partial charge in [-0.15, -0.1) is 11.3 Å². The summed E-state index contributed by atoms with van der Waals surface area (Å²) >= 11 is 1.37. The highest BCUT2D eigenvalue weighted by Crippen LogP contribution is 2.30. The maximum Gasteiger partial charge on any atom is 0.261 e. The quantitative estimate of drug-likeness (QED) is 0.688. The number of thiophene rings is 1. The molecule has 132 valence electrons. The van der Waals surface area contributed by atoms with Crippen LogP contribution in [0.1, 0.15) is 29.9 Å². The van der Waals surface area contributed by atoms with Crippen molar-refractivity contribution in [2.45, 2.75) is 26.4 Å². The van der Waals surface area contributed by atoms with Gasteiger partial charge >= 0.3 is 0 Å². The van der Waals surface area contributed by atoms with Gasteiger partial charge in [0.25, 0.3) is 11.5 Å². The number of hydrogen-bond acceptors (Lipinski definition) is 4. The minimum absolute atomic E-state index is 0.0747. The van der Waals surface area contributed by atoms with Gasteiger partial charge in [-0.3, -0.25) is 9.59 Å². The zero-order valence-corrected chi connectivity index (χ0v) is 15.5. The zero-order valence-electron chi connectivity index (χ0n) is 14.7. The van der Waals surface area contributed by atoms with Crippen molar-refractivity contribution < 1.29 is 9.53 Å². The van der Waals surface area contributed by atoms with Crippen LogP contribution in [-0.4, -0.2) is 29.7 Å². The van der Waals surface area contributed by atoms with E-state index in [0.29, 0.717) is 23.4 Å². The van der Waals surface area contributed by atoms with Crippen LogP contribution in [0.4, 0.5) is 0 Å². The Hall–Kier alpha value is -2.18. The molecule has 3 aromatic rings. The van der Waals surface area contributed by atoms with E-state index in [9.17, 15) is 9.59 Å². The third kappa shape index (κ3) is 3.60. The van der Waals surface area contributed by atoms with E-state index < -0.39 is 0 Å². The van der Waals surface area contributed by atoms with E-state index in [1.165, 1.54) is 11.3 Å². The molecule has 0 aliphatic heterocycles. The molecule has 0 atom stereocenters. The largest absolute Gasteiger partial charge is 0.379 e. The van der Waals surface area contributed by atoms with Crippen molar-refractivity contribution >= 4 is 38.2 Å². The Bertz CT molecular complexity index is 972. The normalized spacial score (nSPS) is 11.5. The summed E-state index contributed by atoms with van der Waals surface area (Å²) in [6, 6.07) is 9.46. The second-order valence-electron chi connectivity index (χ2n) is 6.26. The Balaban J connectivity index is 1.84. The van der Waals surface area contributed by atoms with Crippen LogP contribution in [0.3, 0.4) is 0 Å². The Morgan fingerprint density at radius 1 is 1.28 bits per heavy atom. The second-order valence-corrected chi connectivity index (χ2v) is 7.32. The van der Waals surface area contributed by atoms with E-state index in [2.05, 4.69) is 5.32 Å². The lowest BCUT2D eigenvalue weighted by Gasteiger charge is -2.07. The highest BCUT2D eigenvalue weighted by molar-refractivity contribution is 7.21. The number of para-hydroxylation sites is 1. The number of nitrogens with one attached hydrogen (secondary N) is 1. The molecular formula is C19H22N2O3S. The second kappa shape index (κ2) is 7.37. The fraction of sp³-hybridized carbons (Fsp3) is 0.368. The van der Waals surface area contributed by atoms with Crippen LogP contribution < -0.4 is 10.9 Å². The Morgan fingerprint density at radius 3 is 2.80 bits per heavy atom. The third-order valence-corrected chi connectivity index (χ3v) is 5.23. The summed E-state index contributed by atoms with van der Waals surface area (Å²) in [7, 11) is 1.76. The predicted octanol–water partition coefficient (Wildman–Crippen LogP) is 3.30. The van der Waals surface area contributed by atoms with E-state index in [4.69, 9.17) is 4.74 Å². The van der Waals surface area contributed by atoms with Gasteiger partial charge in [-0.05, 0) is 32.4 Å². The van der Waals surface area contributed by atoms with Crippen molar-refractivity contribution in [3.63, 3.8) is 0 Å². The smallest absolute Gasteiger partial charge is 0.261 e. The van der Waals surface area contributed by atoms with Crippen molar-refractivity contribution in [3.8, 4) is 0 Å². The molecule has 2 heterocycles. The number of rotatable bonds is 6. The predicted molar refractivity (Wildman–Crippen MR) is 103 cm³/mol. The van der Waals surface area contributed by atoms with Gasteiger partial charge < -0.3 is 14.6 Å². The van der Waals surface area contributed by atoms with Crippen LogP contribution >= 0.6 is 11.3 Å². The molecule has 3 rings (SSSR count). The molecule has 0 saturated carbocycles. The fourth-order valence-electron chi connectivity index (χ4n) is 2.79. The number of carbonyl (C=O) groups excluding carboxylic acids is 1. The molecule has 1 N–H and O–H groups in total. The first-order valence-electron chi connectivity index (χ1n) is 8.40. The number of aryl methyl sites for hydroxylation is 1. The topological polar surface area (TPSA) is 60.3 Å². The van der Waals surface area contributed by atoms with Gasteiger partial charge in [0, 0.05) is 30.3 Å². The molecule has 25 heavy (non-hydrogen) atoms. The molecular weight excluding hydrogens is 336 g/mol. The lowest BCUT2D eigenvalue weighted by atomic mass is 10.2. The average molecular weight is 358 g/mol. The Kier molecular flexibility index (Phi) is 5.20. The van der Waals surface area contributed by atoms with Crippen LogP contribution in [0.15, 0.2) is 35.1 Å². The number of carbonyl (C=O) groups is 1. The van der Waals surface area contributed by atoms with Crippen molar-refractivity contribution in [3.05, 3.63) is 45.6 Å². The SMILES string of the molecule is CC(C)OCCCNC(=O)c1cc2c(=O)n(C)c3ccccc3c2s1. The van der Waals surface area contributed by atoms with Crippen molar-refractivity contribution in [2.75, 3.05) is 13.2 Å². The number of ether oxygens (including phenoxy) is 1. The first-order chi connectivity index (χ1) is 12.0. The summed E-state index contributed by atoms with van der Waals surface area (Å²) in [5.41, 5.74) is 0.800. The van der Waals surface area contributed by atoms with Gasteiger partial charge in [-0.1, -0.05) is 18.2 Å². The van der Waals surface area contributed by atoms with Crippen LogP contribution in [0.5, 0.6) is 0 Å². The molecule has 0 unspecified atom stereocenters. The van der Waals surface area contributed by atoms with Crippen LogP contribution in [0.2, 0.25) is 0 Å². The van der Waals surface area contributed by atoms with Gasteiger partial charge in [-0.2, -0.15) is 0 Å². The first kappa shape index (κ1) is 17.6. The minimum Gasteiger partial charge on any atom is -0.379 e. The van der Waals surface area contributed by atoms with Gasteiger partial charge in [0.2, 0.25) is 0 Å². The zero-order chi connectivity index (χ0) is 18.0. The summed E-state index contributed by atoms with van der Waals surface area (Å²) in [5, 5.41) is 4.49. The molecule has 0 radical (unpaired) electrons. The Labute approximate surface area is 150 Å². The van der Waals surface area contributed by atoms with Crippen molar-refractivity contribution in [1.82, 2.24) is 9.88 Å². The monoisotopic (exact) mass is 358 g/mol. The maximum absolute atomic E-state index is 12.6. The molecule has 0 fully saturated rings. The van der Waals surface area contributed by atoms with Crippen molar-refractivity contribution in [2.24, 2.45) is 7.05 Å². The number of aromatic nitrogens is 1. The number of fused-ring (bicyclic) bond motifs is 3. The molecule has 2 aromatic heterocycles. The van der Waals surface area contributed by atoms with Crippen LogP contribution in [0.25, 0.3) is 21.0 Å². The van der Waals surface area contributed by atoms with E-state index in [1.807, 2.05) is 38.1 Å². The summed E-state index contributed by atoms with van der Waals surface area (Å²) in [4.78, 5) is 25.5. The molecule has 1 aromatic carbocycles. The molecule has 6 heteroatoms. The summed E-state index contributed by atoms with van der Waals surface area (Å²) in [6.07, 6.45) is 0.960. The number of hydrogen-bond donors (Lipinski definition) is 1. The van der Waals surface area contributed by atoms with Crippen molar-refractivity contribution in [1.29, 1.82) is 0 Å². The lowest BCUT2D eigenvalue weighted by molar-refractivity contribution is 0.0757. The Morgan fingerprint density at radius 2 is 2.04 bits per heavy atom. The fourth-order valence-corrected chi connectivity index (χ4v) is 3.89. The van der Waals surface area contributed by atoms with E-state index in [-0.39, 0.29) is 17.6 Å². The van der Waals surface area contributed by atoms with Gasteiger partial charge in [0.15, 0.2) is 0 Å². The summed E-state index contributed by atoms with van der Waals surface area (Å²) in [5.74, 6) is -0.142. The molecule has 0 spiro atoms. The first-order valence-corrected chi connectivity index (χ1v) is 9.21. The molecule has 0 aliphatic carbocycles. The number of pyridine rings is 1. The maximum atomic E-state index is 12.6. The van der Waals surface area contributed by atoms with E-state index >= 15 is 0 Å². The van der Waals surface area contributed by atoms with Crippen LogP contribution in [-0.2, 0) is 11.8 Å². The molecule has 5 nitrogen and oxygen atoms in total. The van der Waals surface area contributed by atoms with Gasteiger partial charge in [-0.25, -0.2) is 0 Å². The number of nitrogens with zero attached hydrogens (tertiary/aromatic N) is 1. The average Bonchev–Trinajstić information content (AvgIpc) is 3.05. The highest BCUT2D eigenvalue weighted by atomic mass is 32.1. The molecule has 1 amide bonds. The number of benzene rings is 1. The van der Waals surface area contributed by atoms with Gasteiger partial charge in [0.05, 0.1) is 21.9 Å². The third-order valence-electron chi connectivity index (χ3n) is 4.06. The summed E-state index contributed by atoms with van der Waals surface area (Å²) < 4.78 is 7.96.